The van der Waals surface area contributed by atoms with Gasteiger partial charge in [0.2, 0.25) is 0 Å². The highest BCUT2D eigenvalue weighted by molar-refractivity contribution is 9.10. The second-order valence-electron chi connectivity index (χ2n) is 7.77. The average Bonchev–Trinajstić information content (AvgIpc) is 3.31. The molecule has 0 fully saturated rings. The highest BCUT2D eigenvalue weighted by atomic mass is 79.9. The summed E-state index contributed by atoms with van der Waals surface area (Å²) in [6.45, 7) is 2.05. The molecule has 0 aliphatic heterocycles. The van der Waals surface area contributed by atoms with E-state index in [1.807, 2.05) is 13.0 Å². The SMILES string of the molecule is CCCCc1nc2ccc(Br)cc2c(=O)n1N=Cc1ccc(-c2cc(C(=O)O)cc(C(=O)O)c2)o1. The zero-order chi connectivity index (χ0) is 25.1. The van der Waals surface area contributed by atoms with Gasteiger partial charge >= 0.3 is 11.9 Å². The molecule has 2 N–H and O–H groups in total. The molecule has 0 bridgehead atoms. The first-order chi connectivity index (χ1) is 16.8. The Morgan fingerprint density at radius 2 is 1.80 bits per heavy atom. The van der Waals surface area contributed by atoms with Crippen molar-refractivity contribution in [3.05, 3.63) is 86.1 Å². The quantitative estimate of drug-likeness (QED) is 0.300. The number of carbonyl (C=O) groups is 2. The van der Waals surface area contributed by atoms with Gasteiger partial charge in [0.05, 0.1) is 28.2 Å². The van der Waals surface area contributed by atoms with E-state index in [4.69, 9.17) is 4.42 Å². The van der Waals surface area contributed by atoms with E-state index in [1.165, 1.54) is 23.0 Å². The molecule has 2 aromatic carbocycles. The fourth-order valence-corrected chi connectivity index (χ4v) is 3.88. The molecule has 2 heterocycles. The summed E-state index contributed by atoms with van der Waals surface area (Å²) < 4.78 is 7.75. The fourth-order valence-electron chi connectivity index (χ4n) is 3.52. The Bertz CT molecular complexity index is 1500. The van der Waals surface area contributed by atoms with Gasteiger partial charge < -0.3 is 14.6 Å². The third-order valence-electron chi connectivity index (χ3n) is 5.27. The summed E-state index contributed by atoms with van der Waals surface area (Å²) >= 11 is 3.38. The molecule has 0 amide bonds. The molecule has 0 saturated carbocycles. The van der Waals surface area contributed by atoms with Crippen LogP contribution < -0.4 is 5.56 Å². The van der Waals surface area contributed by atoms with Crippen LogP contribution in [0.5, 0.6) is 0 Å². The molecular formula is C25H20BrN3O6. The maximum Gasteiger partial charge on any atom is 0.335 e. The molecular weight excluding hydrogens is 518 g/mol. The zero-order valence-electron chi connectivity index (χ0n) is 18.6. The van der Waals surface area contributed by atoms with Gasteiger partial charge in [-0.05, 0) is 55.0 Å². The Balaban J connectivity index is 1.73. The van der Waals surface area contributed by atoms with Crippen molar-refractivity contribution in [2.45, 2.75) is 26.2 Å². The van der Waals surface area contributed by atoms with Gasteiger partial charge in [-0.25, -0.2) is 14.6 Å². The van der Waals surface area contributed by atoms with Gasteiger partial charge in [0, 0.05) is 16.5 Å². The minimum Gasteiger partial charge on any atom is -0.478 e. The molecule has 178 valence electrons. The Morgan fingerprint density at radius 3 is 2.46 bits per heavy atom. The van der Waals surface area contributed by atoms with E-state index in [0.29, 0.717) is 34.5 Å². The standard InChI is InChI=1S/C25H20BrN3O6/c1-2-3-4-22-28-20-7-5-17(26)12-19(20)23(30)29(22)27-13-18-6-8-21(35-18)14-9-15(24(31)32)11-16(10-14)25(33)34/h5-13H,2-4H2,1H3,(H,31,32)(H,33,34). The van der Waals surface area contributed by atoms with Crippen molar-refractivity contribution < 1.29 is 24.2 Å². The molecule has 0 radical (unpaired) electrons. The van der Waals surface area contributed by atoms with E-state index in [9.17, 15) is 24.6 Å². The summed E-state index contributed by atoms with van der Waals surface area (Å²) in [6.07, 6.45) is 3.69. The van der Waals surface area contributed by atoms with Gasteiger partial charge in [0.1, 0.15) is 17.3 Å². The highest BCUT2D eigenvalue weighted by Gasteiger charge is 2.15. The van der Waals surface area contributed by atoms with Crippen LogP contribution in [0.4, 0.5) is 0 Å². The Labute approximate surface area is 207 Å². The normalized spacial score (nSPS) is 11.4. The van der Waals surface area contributed by atoms with Gasteiger partial charge in [-0.1, -0.05) is 29.3 Å². The maximum atomic E-state index is 13.2. The molecule has 4 aromatic rings. The number of rotatable bonds is 8. The molecule has 2 aromatic heterocycles. The van der Waals surface area contributed by atoms with Crippen molar-refractivity contribution in [1.29, 1.82) is 0 Å². The summed E-state index contributed by atoms with van der Waals surface area (Å²) in [6, 6.07) is 12.2. The van der Waals surface area contributed by atoms with Gasteiger partial charge in [-0.3, -0.25) is 4.79 Å². The van der Waals surface area contributed by atoms with E-state index in [-0.39, 0.29) is 22.4 Å². The summed E-state index contributed by atoms with van der Waals surface area (Å²) in [7, 11) is 0. The molecule has 0 saturated heterocycles. The van der Waals surface area contributed by atoms with Crippen LogP contribution in [-0.4, -0.2) is 38.0 Å². The predicted molar refractivity (Wildman–Crippen MR) is 133 cm³/mol. The van der Waals surface area contributed by atoms with E-state index in [1.54, 1.807) is 24.3 Å². The lowest BCUT2D eigenvalue weighted by molar-refractivity contribution is 0.0696. The number of aromatic nitrogens is 2. The first kappa shape index (κ1) is 24.1. The molecule has 0 aliphatic rings. The van der Waals surface area contributed by atoms with Crippen LogP contribution in [0.15, 0.2) is 67.3 Å². The molecule has 35 heavy (non-hydrogen) atoms. The first-order valence-electron chi connectivity index (χ1n) is 10.7. The van der Waals surface area contributed by atoms with Gasteiger partial charge in [0.15, 0.2) is 0 Å². The lowest BCUT2D eigenvalue weighted by Gasteiger charge is -2.09. The lowest BCUT2D eigenvalue weighted by Crippen LogP contribution is -2.22. The van der Waals surface area contributed by atoms with Gasteiger partial charge in [0.25, 0.3) is 5.56 Å². The number of hydrogen-bond donors (Lipinski definition) is 2. The number of aryl methyl sites for hydroxylation is 1. The van der Waals surface area contributed by atoms with Crippen molar-refractivity contribution in [3.63, 3.8) is 0 Å². The van der Waals surface area contributed by atoms with Crippen molar-refractivity contribution in [3.8, 4) is 11.3 Å². The first-order valence-corrected chi connectivity index (χ1v) is 11.5. The number of carboxylic acid groups (broad SMARTS) is 2. The van der Waals surface area contributed by atoms with Crippen LogP contribution in [0.1, 0.15) is 52.1 Å². The van der Waals surface area contributed by atoms with Crippen LogP contribution in [0.2, 0.25) is 0 Å². The van der Waals surface area contributed by atoms with Crippen LogP contribution in [0, 0.1) is 0 Å². The molecule has 0 spiro atoms. The van der Waals surface area contributed by atoms with Crippen molar-refractivity contribution in [1.82, 2.24) is 9.66 Å². The number of unbranched alkanes of at least 4 members (excludes halogenated alkanes) is 1. The number of nitrogens with zero attached hydrogens (tertiary/aromatic N) is 3. The summed E-state index contributed by atoms with van der Waals surface area (Å²) in [5.74, 6) is -1.43. The minimum atomic E-state index is -1.25. The molecule has 0 unspecified atom stereocenters. The third kappa shape index (κ3) is 5.22. The molecule has 4 rings (SSSR count). The highest BCUT2D eigenvalue weighted by Crippen LogP contribution is 2.25. The molecule has 0 aliphatic carbocycles. The number of benzene rings is 2. The van der Waals surface area contributed by atoms with Gasteiger partial charge in [-0.2, -0.15) is 9.78 Å². The van der Waals surface area contributed by atoms with E-state index in [2.05, 4.69) is 26.0 Å². The molecule has 9 nitrogen and oxygen atoms in total. The summed E-state index contributed by atoms with van der Waals surface area (Å²) in [5, 5.41) is 23.3. The topological polar surface area (TPSA) is 135 Å². The van der Waals surface area contributed by atoms with Crippen molar-refractivity contribution >= 4 is 45.0 Å². The maximum absolute atomic E-state index is 13.2. The van der Waals surface area contributed by atoms with Crippen LogP contribution in [-0.2, 0) is 6.42 Å². The van der Waals surface area contributed by atoms with Crippen LogP contribution in [0.3, 0.4) is 0 Å². The smallest absolute Gasteiger partial charge is 0.335 e. The number of halogens is 1. The summed E-state index contributed by atoms with van der Waals surface area (Å²) in [4.78, 5) is 40.6. The van der Waals surface area contributed by atoms with Gasteiger partial charge in [-0.15, -0.1) is 0 Å². The number of carboxylic acids is 2. The minimum absolute atomic E-state index is 0.174. The molecule has 10 heteroatoms. The molecule has 0 atom stereocenters. The fraction of sp³-hybridized carbons (Fsp3) is 0.160. The number of hydrogen-bond acceptors (Lipinski definition) is 6. The van der Waals surface area contributed by atoms with Crippen molar-refractivity contribution in [2.75, 3.05) is 0 Å². The second-order valence-corrected chi connectivity index (χ2v) is 8.68. The predicted octanol–water partition coefficient (Wildman–Crippen LogP) is 5.04. The van der Waals surface area contributed by atoms with Crippen molar-refractivity contribution in [2.24, 2.45) is 5.10 Å². The zero-order valence-corrected chi connectivity index (χ0v) is 20.2. The number of aromatic carboxylic acids is 2. The summed E-state index contributed by atoms with van der Waals surface area (Å²) in [5.41, 5.74) is 0.216. The van der Waals surface area contributed by atoms with Crippen LogP contribution in [0.25, 0.3) is 22.2 Å². The Kier molecular flexibility index (Phi) is 6.92. The second kappa shape index (κ2) is 10.1. The van der Waals surface area contributed by atoms with E-state index >= 15 is 0 Å². The lowest BCUT2D eigenvalue weighted by atomic mass is 10.0. The van der Waals surface area contributed by atoms with E-state index in [0.717, 1.165) is 23.4 Å². The average molecular weight is 538 g/mol. The van der Waals surface area contributed by atoms with Crippen LogP contribution >= 0.6 is 15.9 Å². The number of furan rings is 1. The Hall–Kier alpha value is -4.05. The largest absolute Gasteiger partial charge is 0.478 e. The monoisotopic (exact) mass is 537 g/mol. The van der Waals surface area contributed by atoms with E-state index < -0.39 is 11.9 Å². The number of fused-ring (bicyclic) bond motifs is 1. The third-order valence-corrected chi connectivity index (χ3v) is 5.76. The Morgan fingerprint density at radius 1 is 1.09 bits per heavy atom.